The van der Waals surface area contributed by atoms with Crippen molar-refractivity contribution in [2.45, 2.75) is 101 Å². The van der Waals surface area contributed by atoms with E-state index in [0.717, 1.165) is 70.9 Å². The topological polar surface area (TPSA) is 118 Å². The van der Waals surface area contributed by atoms with Gasteiger partial charge in [0.1, 0.15) is 0 Å². The number of hydrogen-bond acceptors (Lipinski definition) is 8. The normalized spacial score (nSPS) is 40.8. The molecule has 5 fully saturated rings. The zero-order valence-electron chi connectivity index (χ0n) is 22.6. The molecule has 0 spiro atoms. The maximum atomic E-state index is 13.6. The molecule has 0 radical (unpaired) electrons. The molecule has 5 aliphatic rings. The van der Waals surface area contributed by atoms with Crippen molar-refractivity contribution in [2.24, 2.45) is 23.5 Å². The van der Waals surface area contributed by atoms with Crippen LogP contribution < -0.4 is 16.4 Å². The van der Waals surface area contributed by atoms with E-state index in [4.69, 9.17) is 19.9 Å². The first-order valence-electron chi connectivity index (χ1n) is 14.5. The first-order valence-corrected chi connectivity index (χ1v) is 14.5. The summed E-state index contributed by atoms with van der Waals surface area (Å²) in [6.07, 6.45) is 9.42. The lowest BCUT2D eigenvalue weighted by Crippen LogP contribution is -2.75. The SMILES string of the molecule is COC1CCC(CCNC(=O)C2CC3C(=O)N4CCCCC4NC3N(C[C@H]3CCCO3)C2N)CC1OC. The lowest BCUT2D eigenvalue weighted by Gasteiger charge is -2.55. The molecular weight excluding hydrogens is 474 g/mol. The fourth-order valence-electron chi connectivity index (χ4n) is 7.43. The molecule has 2 amide bonds. The molecule has 4 heterocycles. The van der Waals surface area contributed by atoms with E-state index in [9.17, 15) is 9.59 Å². The third kappa shape index (κ3) is 5.84. The van der Waals surface area contributed by atoms with E-state index in [-0.39, 0.29) is 48.4 Å². The van der Waals surface area contributed by atoms with Crippen LogP contribution in [0.1, 0.15) is 64.2 Å². The number of piperidine rings is 2. The Morgan fingerprint density at radius 3 is 2.70 bits per heavy atom. The van der Waals surface area contributed by atoms with Crippen LogP contribution in [-0.2, 0) is 23.8 Å². The lowest BCUT2D eigenvalue weighted by atomic mass is 9.80. The molecule has 0 aromatic rings. The Kier molecular flexibility index (Phi) is 9.04. The van der Waals surface area contributed by atoms with Gasteiger partial charge in [-0.2, -0.15) is 0 Å². The minimum atomic E-state index is -0.448. The molecular formula is C27H47N5O5. The maximum Gasteiger partial charge on any atom is 0.229 e. The number of rotatable bonds is 8. The summed E-state index contributed by atoms with van der Waals surface area (Å²) < 4.78 is 17.1. The summed E-state index contributed by atoms with van der Waals surface area (Å²) in [6.45, 7) is 2.83. The Labute approximate surface area is 221 Å². The Bertz CT molecular complexity index is 795. The van der Waals surface area contributed by atoms with Crippen LogP contribution in [-0.4, -0.2) is 98.9 Å². The highest BCUT2D eigenvalue weighted by Gasteiger charge is 2.52. The molecule has 4 N–H and O–H groups in total. The molecule has 0 aromatic carbocycles. The fraction of sp³-hybridized carbons (Fsp3) is 0.926. The highest BCUT2D eigenvalue weighted by molar-refractivity contribution is 5.84. The van der Waals surface area contributed by atoms with Crippen LogP contribution in [0.25, 0.3) is 0 Å². The number of amides is 2. The van der Waals surface area contributed by atoms with Gasteiger partial charge in [-0.25, -0.2) is 0 Å². The summed E-state index contributed by atoms with van der Waals surface area (Å²) in [4.78, 5) is 31.3. The molecule has 5 rings (SSSR count). The third-order valence-electron chi connectivity index (χ3n) is 9.58. The van der Waals surface area contributed by atoms with Crippen molar-refractivity contribution in [3.63, 3.8) is 0 Å². The molecule has 1 aliphatic carbocycles. The second kappa shape index (κ2) is 12.3. The van der Waals surface area contributed by atoms with Crippen molar-refractivity contribution in [2.75, 3.05) is 40.5 Å². The number of hydrogen-bond donors (Lipinski definition) is 3. The molecule has 8 unspecified atom stereocenters. The zero-order valence-corrected chi connectivity index (χ0v) is 22.6. The van der Waals surface area contributed by atoms with Crippen LogP contribution in [0.3, 0.4) is 0 Å². The number of ether oxygens (including phenoxy) is 3. The Morgan fingerprint density at radius 2 is 1.95 bits per heavy atom. The van der Waals surface area contributed by atoms with E-state index in [2.05, 4.69) is 15.5 Å². The van der Waals surface area contributed by atoms with Crippen molar-refractivity contribution < 1.29 is 23.8 Å². The summed E-state index contributed by atoms with van der Waals surface area (Å²) in [5.41, 5.74) is 6.82. The smallest absolute Gasteiger partial charge is 0.229 e. The van der Waals surface area contributed by atoms with Gasteiger partial charge in [0.25, 0.3) is 0 Å². The molecule has 0 aromatic heterocycles. The molecule has 9 atom stereocenters. The molecule has 37 heavy (non-hydrogen) atoms. The minimum Gasteiger partial charge on any atom is -0.379 e. The van der Waals surface area contributed by atoms with Crippen LogP contribution in [0.4, 0.5) is 0 Å². The number of methoxy groups -OCH3 is 2. The highest BCUT2D eigenvalue weighted by atomic mass is 16.5. The number of nitrogens with two attached hydrogens (primary N) is 1. The number of carbonyl (C=O) groups excluding carboxylic acids is 2. The van der Waals surface area contributed by atoms with Gasteiger partial charge in [-0.3, -0.25) is 19.8 Å². The Hall–Kier alpha value is -1.30. The van der Waals surface area contributed by atoms with Crippen LogP contribution in [0, 0.1) is 17.8 Å². The van der Waals surface area contributed by atoms with E-state index in [1.54, 1.807) is 14.2 Å². The predicted octanol–water partition coefficient (Wildman–Crippen LogP) is 0.993. The van der Waals surface area contributed by atoms with Gasteiger partial charge in [0.15, 0.2) is 0 Å². The molecule has 10 heteroatoms. The van der Waals surface area contributed by atoms with Gasteiger partial charge in [0.05, 0.1) is 48.6 Å². The van der Waals surface area contributed by atoms with E-state index < -0.39 is 12.1 Å². The van der Waals surface area contributed by atoms with Gasteiger partial charge in [-0.1, -0.05) is 0 Å². The van der Waals surface area contributed by atoms with Crippen LogP contribution in [0.5, 0.6) is 0 Å². The first-order chi connectivity index (χ1) is 18.0. The number of likely N-dealkylation sites (tertiary alicyclic amines) is 1. The average molecular weight is 522 g/mol. The first kappa shape index (κ1) is 27.3. The van der Waals surface area contributed by atoms with E-state index in [0.29, 0.717) is 25.4 Å². The summed E-state index contributed by atoms with van der Waals surface area (Å²) in [7, 11) is 3.49. The van der Waals surface area contributed by atoms with E-state index in [1.165, 1.54) is 0 Å². The summed E-state index contributed by atoms with van der Waals surface area (Å²) >= 11 is 0. The van der Waals surface area contributed by atoms with Crippen molar-refractivity contribution in [1.82, 2.24) is 20.4 Å². The van der Waals surface area contributed by atoms with Crippen LogP contribution in [0.15, 0.2) is 0 Å². The number of carbonyl (C=O) groups is 2. The molecule has 10 nitrogen and oxygen atoms in total. The van der Waals surface area contributed by atoms with Gasteiger partial charge in [0, 0.05) is 40.5 Å². The third-order valence-corrected chi connectivity index (χ3v) is 9.58. The van der Waals surface area contributed by atoms with Gasteiger partial charge in [-0.05, 0) is 70.1 Å². The van der Waals surface area contributed by atoms with Crippen molar-refractivity contribution >= 4 is 11.8 Å². The van der Waals surface area contributed by atoms with Gasteiger partial charge in [-0.15, -0.1) is 0 Å². The van der Waals surface area contributed by atoms with E-state index >= 15 is 0 Å². The number of nitrogens with zero attached hydrogens (tertiary/aromatic N) is 2. The van der Waals surface area contributed by atoms with E-state index in [1.807, 2.05) is 4.90 Å². The maximum absolute atomic E-state index is 13.6. The molecule has 0 bridgehead atoms. The largest absolute Gasteiger partial charge is 0.379 e. The van der Waals surface area contributed by atoms with Gasteiger partial charge in [0.2, 0.25) is 11.8 Å². The summed E-state index contributed by atoms with van der Waals surface area (Å²) in [5.74, 6) is -0.0530. The van der Waals surface area contributed by atoms with Crippen molar-refractivity contribution in [1.29, 1.82) is 0 Å². The second-order valence-electron chi connectivity index (χ2n) is 11.7. The Morgan fingerprint density at radius 1 is 1.11 bits per heavy atom. The molecule has 4 aliphatic heterocycles. The van der Waals surface area contributed by atoms with Crippen molar-refractivity contribution in [3.05, 3.63) is 0 Å². The molecule has 210 valence electrons. The van der Waals surface area contributed by atoms with Gasteiger partial charge < -0.3 is 30.2 Å². The number of nitrogens with one attached hydrogen (secondary N) is 2. The fourth-order valence-corrected chi connectivity index (χ4v) is 7.43. The zero-order chi connectivity index (χ0) is 25.9. The summed E-state index contributed by atoms with van der Waals surface area (Å²) in [6, 6.07) is 0. The van der Waals surface area contributed by atoms with Crippen LogP contribution >= 0.6 is 0 Å². The second-order valence-corrected chi connectivity index (χ2v) is 11.7. The molecule has 4 saturated heterocycles. The minimum absolute atomic E-state index is 0.0364. The monoisotopic (exact) mass is 521 g/mol. The summed E-state index contributed by atoms with van der Waals surface area (Å²) in [5, 5.41) is 6.92. The van der Waals surface area contributed by atoms with Crippen LogP contribution in [0.2, 0.25) is 0 Å². The Balaban J connectivity index is 1.22. The number of fused-ring (bicyclic) bond motifs is 2. The predicted molar refractivity (Wildman–Crippen MR) is 138 cm³/mol. The lowest BCUT2D eigenvalue weighted by molar-refractivity contribution is -0.164. The molecule has 1 saturated carbocycles. The quantitative estimate of drug-likeness (QED) is 0.433. The standard InChI is InChI=1S/C27H47N5O5/c1-35-21-9-8-17(14-22(21)36-2)10-11-29-26(33)19-15-20-25(30-23-7-3-4-12-31(23)27(20)34)32(24(19)28)16-18-6-5-13-37-18/h17-25,30H,3-16,28H2,1-2H3,(H,29,33)/t17?,18-,19?,20?,21?,22?,23?,24?,25?/m1/s1. The highest BCUT2D eigenvalue weighted by Crippen LogP contribution is 2.37. The average Bonchev–Trinajstić information content (AvgIpc) is 3.43. The van der Waals surface area contributed by atoms with Gasteiger partial charge >= 0.3 is 0 Å². The van der Waals surface area contributed by atoms with Crippen molar-refractivity contribution in [3.8, 4) is 0 Å².